The van der Waals surface area contributed by atoms with Gasteiger partial charge in [-0.05, 0) is 31.7 Å². The largest absolute Gasteiger partial charge is 0.341 e. The van der Waals surface area contributed by atoms with Crippen molar-refractivity contribution >= 4 is 11.9 Å². The van der Waals surface area contributed by atoms with Gasteiger partial charge in [0.2, 0.25) is 5.91 Å². The number of urea groups is 1. The molecule has 5 fully saturated rings. The Labute approximate surface area is 143 Å². The van der Waals surface area contributed by atoms with Crippen LogP contribution in [0.2, 0.25) is 0 Å². The summed E-state index contributed by atoms with van der Waals surface area (Å²) < 4.78 is 0. The minimum Gasteiger partial charge on any atom is -0.341 e. The highest BCUT2D eigenvalue weighted by Crippen LogP contribution is 2.23. The second-order valence-corrected chi connectivity index (χ2v) is 7.65. The van der Waals surface area contributed by atoms with Crippen molar-refractivity contribution in [3.63, 3.8) is 0 Å². The third-order valence-electron chi connectivity index (χ3n) is 6.13. The third-order valence-corrected chi connectivity index (χ3v) is 6.13. The van der Waals surface area contributed by atoms with Gasteiger partial charge in [-0.2, -0.15) is 0 Å². The second-order valence-electron chi connectivity index (χ2n) is 7.65. The number of hydrogen-bond acceptors (Lipinski definition) is 4. The van der Waals surface area contributed by atoms with Gasteiger partial charge in [0.15, 0.2) is 0 Å². The van der Waals surface area contributed by atoms with Gasteiger partial charge in [-0.25, -0.2) is 4.79 Å². The quantitative estimate of drug-likeness (QED) is 0.765. The van der Waals surface area contributed by atoms with Crippen LogP contribution in [0.5, 0.6) is 0 Å². The monoisotopic (exact) mass is 335 g/mol. The summed E-state index contributed by atoms with van der Waals surface area (Å²) in [4.78, 5) is 33.5. The molecule has 5 aliphatic rings. The van der Waals surface area contributed by atoms with Crippen molar-refractivity contribution < 1.29 is 9.59 Å². The molecule has 0 aliphatic carbocycles. The van der Waals surface area contributed by atoms with Gasteiger partial charge in [0, 0.05) is 58.9 Å². The molecule has 7 nitrogen and oxygen atoms in total. The first-order valence-corrected chi connectivity index (χ1v) is 9.48. The number of carbonyl (C=O) groups excluding carboxylic acids is 2. The van der Waals surface area contributed by atoms with Crippen LogP contribution in [0.25, 0.3) is 0 Å². The van der Waals surface area contributed by atoms with Crippen LogP contribution < -0.4 is 5.32 Å². The summed E-state index contributed by atoms with van der Waals surface area (Å²) in [5, 5.41) is 2.86. The van der Waals surface area contributed by atoms with Crippen molar-refractivity contribution in [2.45, 2.75) is 25.3 Å². The minimum absolute atomic E-state index is 0.0714. The summed E-state index contributed by atoms with van der Waals surface area (Å²) in [5.41, 5.74) is 0. The topological polar surface area (TPSA) is 59.1 Å². The van der Waals surface area contributed by atoms with E-state index < -0.39 is 0 Å². The Morgan fingerprint density at radius 1 is 1.04 bits per heavy atom. The fourth-order valence-corrected chi connectivity index (χ4v) is 4.62. The highest BCUT2D eigenvalue weighted by Gasteiger charge is 2.37. The van der Waals surface area contributed by atoms with E-state index in [1.54, 1.807) is 0 Å². The Morgan fingerprint density at radius 3 is 2.62 bits per heavy atom. The zero-order chi connectivity index (χ0) is 16.5. The first-order valence-electron chi connectivity index (χ1n) is 9.48. The van der Waals surface area contributed by atoms with E-state index in [0.29, 0.717) is 11.8 Å². The number of nitrogens with zero attached hydrogens (tertiary/aromatic N) is 4. The maximum atomic E-state index is 13.0. The molecule has 3 unspecified atom stereocenters. The molecule has 0 aromatic heterocycles. The zero-order valence-corrected chi connectivity index (χ0v) is 14.5. The molecule has 24 heavy (non-hydrogen) atoms. The smallest absolute Gasteiger partial charge is 0.317 e. The summed E-state index contributed by atoms with van der Waals surface area (Å²) in [7, 11) is 0. The van der Waals surface area contributed by atoms with Crippen LogP contribution in [-0.2, 0) is 4.79 Å². The fourth-order valence-electron chi connectivity index (χ4n) is 4.62. The van der Waals surface area contributed by atoms with Crippen LogP contribution in [-0.4, -0.2) is 103 Å². The van der Waals surface area contributed by atoms with Crippen LogP contribution in [0.15, 0.2) is 0 Å². The highest BCUT2D eigenvalue weighted by molar-refractivity contribution is 5.82. The molecule has 0 spiro atoms. The maximum Gasteiger partial charge on any atom is 0.317 e. The molecule has 2 bridgehead atoms. The number of fused-ring (bicyclic) bond motifs is 4. The fraction of sp³-hybridized carbons (Fsp3) is 0.882. The van der Waals surface area contributed by atoms with E-state index in [0.717, 1.165) is 78.3 Å². The van der Waals surface area contributed by atoms with Crippen LogP contribution >= 0.6 is 0 Å². The lowest BCUT2D eigenvalue weighted by atomic mass is 9.95. The van der Waals surface area contributed by atoms with Gasteiger partial charge < -0.3 is 15.1 Å². The molecular formula is C17H29N5O2. The summed E-state index contributed by atoms with van der Waals surface area (Å²) in [5.74, 6) is 0.867. The van der Waals surface area contributed by atoms with E-state index in [4.69, 9.17) is 0 Å². The third kappa shape index (κ3) is 3.24. The number of likely N-dealkylation sites (tertiary alicyclic amines) is 1. The van der Waals surface area contributed by atoms with Gasteiger partial charge in [-0.3, -0.25) is 14.6 Å². The lowest BCUT2D eigenvalue weighted by molar-refractivity contribution is -0.140. The summed E-state index contributed by atoms with van der Waals surface area (Å²) in [6.07, 6.45) is 3.22. The summed E-state index contributed by atoms with van der Waals surface area (Å²) in [6.45, 7) is 9.40. The lowest BCUT2D eigenvalue weighted by Gasteiger charge is -2.41. The summed E-state index contributed by atoms with van der Waals surface area (Å²) >= 11 is 0. The van der Waals surface area contributed by atoms with E-state index in [-0.39, 0.29) is 12.1 Å². The summed E-state index contributed by atoms with van der Waals surface area (Å²) in [6, 6.07) is 0.145. The van der Waals surface area contributed by atoms with E-state index in [2.05, 4.69) is 20.0 Å². The van der Waals surface area contributed by atoms with Crippen molar-refractivity contribution in [2.75, 3.05) is 65.4 Å². The van der Waals surface area contributed by atoms with E-state index in [1.165, 1.54) is 6.42 Å². The molecule has 0 radical (unpaired) electrons. The Balaban J connectivity index is 1.29. The molecule has 3 atom stereocenters. The standard InChI is InChI=1S/C17H29N5O2/c23-16(15-13-19-5-1-6-20(15)11-10-19)21-7-2-14(3-8-21)12-22-9-4-18-17(22)24/h14-15H,1-13H2,(H,18,24). The first-order chi connectivity index (χ1) is 11.7. The van der Waals surface area contributed by atoms with Crippen molar-refractivity contribution in [1.29, 1.82) is 0 Å². The Hall–Kier alpha value is -1.34. The van der Waals surface area contributed by atoms with Gasteiger partial charge in [-0.15, -0.1) is 0 Å². The minimum atomic E-state index is 0.0714. The molecule has 0 saturated carbocycles. The molecule has 1 N–H and O–H groups in total. The SMILES string of the molecule is O=C1NCCN1CC1CCN(C(=O)C2CN3CCCN2CC3)CC1. The molecule has 134 valence electrons. The van der Waals surface area contributed by atoms with Crippen LogP contribution in [0.4, 0.5) is 4.79 Å². The van der Waals surface area contributed by atoms with Crippen LogP contribution in [0.1, 0.15) is 19.3 Å². The van der Waals surface area contributed by atoms with E-state index in [9.17, 15) is 9.59 Å². The lowest BCUT2D eigenvalue weighted by Crippen LogP contribution is -2.58. The van der Waals surface area contributed by atoms with Crippen molar-refractivity contribution in [3.8, 4) is 0 Å². The Kier molecular flexibility index (Phi) is 4.63. The number of carbonyl (C=O) groups is 2. The van der Waals surface area contributed by atoms with Gasteiger partial charge in [0.1, 0.15) is 6.04 Å². The molecular weight excluding hydrogens is 306 g/mol. The van der Waals surface area contributed by atoms with Gasteiger partial charge in [0.05, 0.1) is 0 Å². The molecule has 5 heterocycles. The normalized spacial score (nSPS) is 34.3. The average molecular weight is 335 g/mol. The number of piperidine rings is 1. The number of hydrogen-bond donors (Lipinski definition) is 1. The highest BCUT2D eigenvalue weighted by atomic mass is 16.2. The Bertz CT molecular complexity index is 487. The predicted octanol–water partition coefficient (Wildman–Crippen LogP) is -0.360. The molecule has 5 saturated heterocycles. The molecule has 5 rings (SSSR count). The molecule has 0 aromatic carbocycles. The number of piperazine rings is 1. The number of amides is 3. The zero-order valence-electron chi connectivity index (χ0n) is 14.5. The first kappa shape index (κ1) is 16.1. The molecule has 0 aromatic rings. The molecule has 5 aliphatic heterocycles. The number of nitrogens with one attached hydrogen (secondary N) is 1. The number of rotatable bonds is 3. The Morgan fingerprint density at radius 2 is 1.88 bits per heavy atom. The van der Waals surface area contributed by atoms with Crippen molar-refractivity contribution in [3.05, 3.63) is 0 Å². The van der Waals surface area contributed by atoms with E-state index in [1.807, 2.05) is 4.90 Å². The van der Waals surface area contributed by atoms with Gasteiger partial charge in [-0.1, -0.05) is 0 Å². The van der Waals surface area contributed by atoms with Crippen molar-refractivity contribution in [2.24, 2.45) is 5.92 Å². The molecule has 7 heteroatoms. The van der Waals surface area contributed by atoms with Gasteiger partial charge in [0.25, 0.3) is 0 Å². The van der Waals surface area contributed by atoms with Crippen LogP contribution in [0, 0.1) is 5.92 Å². The second kappa shape index (κ2) is 6.88. The molecule has 3 amide bonds. The maximum absolute atomic E-state index is 13.0. The average Bonchev–Trinajstić information content (AvgIpc) is 2.81. The van der Waals surface area contributed by atoms with Gasteiger partial charge >= 0.3 is 6.03 Å². The van der Waals surface area contributed by atoms with E-state index >= 15 is 0 Å². The predicted molar refractivity (Wildman–Crippen MR) is 90.7 cm³/mol. The van der Waals surface area contributed by atoms with Crippen molar-refractivity contribution in [1.82, 2.24) is 24.9 Å². The van der Waals surface area contributed by atoms with Crippen LogP contribution in [0.3, 0.4) is 0 Å².